The van der Waals surface area contributed by atoms with Crippen LogP contribution in [0.5, 0.6) is 0 Å². The van der Waals surface area contributed by atoms with Crippen molar-refractivity contribution in [3.8, 4) is 0 Å². The minimum Gasteiger partial charge on any atom is -0.299 e. The highest BCUT2D eigenvalue weighted by Crippen LogP contribution is 2.19. The van der Waals surface area contributed by atoms with Gasteiger partial charge in [0.05, 0.1) is 0 Å². The summed E-state index contributed by atoms with van der Waals surface area (Å²) >= 11 is 0. The van der Waals surface area contributed by atoms with Gasteiger partial charge in [0, 0.05) is 12.8 Å². The largest absolute Gasteiger partial charge is 0.299 e. The average molecular weight is 200 g/mol. The maximum absolute atomic E-state index is 11.2. The fourth-order valence-corrected chi connectivity index (χ4v) is 1.99. The molecule has 0 saturated carbocycles. The molecule has 1 heteroatoms. The van der Waals surface area contributed by atoms with Crippen molar-refractivity contribution in [1.29, 1.82) is 0 Å². The zero-order valence-electron chi connectivity index (χ0n) is 8.91. The summed E-state index contributed by atoms with van der Waals surface area (Å²) in [6, 6.07) is 10.5. The Morgan fingerprint density at radius 1 is 1.07 bits per heavy atom. The molecule has 2 rings (SSSR count). The standard InChI is InChI=1S/C14H16O/c15-14-8-4-7-13(9-10-14)11-12-5-2-1-3-6-12/h1-3,5-6,9H,4,7-8,10-11H2. The first-order valence-electron chi connectivity index (χ1n) is 5.58. The molecule has 1 aliphatic carbocycles. The van der Waals surface area contributed by atoms with Crippen molar-refractivity contribution < 1.29 is 4.79 Å². The van der Waals surface area contributed by atoms with Gasteiger partial charge in [-0.15, -0.1) is 0 Å². The highest BCUT2D eigenvalue weighted by molar-refractivity contribution is 5.80. The van der Waals surface area contributed by atoms with E-state index in [1.54, 1.807) is 0 Å². The van der Waals surface area contributed by atoms with Crippen LogP contribution in [0.2, 0.25) is 0 Å². The molecule has 0 aliphatic heterocycles. The Balaban J connectivity index is 2.02. The predicted molar refractivity (Wildman–Crippen MR) is 61.7 cm³/mol. The van der Waals surface area contributed by atoms with Crippen LogP contribution < -0.4 is 0 Å². The van der Waals surface area contributed by atoms with Crippen LogP contribution in [0.25, 0.3) is 0 Å². The van der Waals surface area contributed by atoms with E-state index in [9.17, 15) is 4.79 Å². The molecule has 1 aromatic carbocycles. The van der Waals surface area contributed by atoms with E-state index in [0.717, 1.165) is 25.7 Å². The van der Waals surface area contributed by atoms with Gasteiger partial charge < -0.3 is 0 Å². The first-order valence-corrected chi connectivity index (χ1v) is 5.58. The fourth-order valence-electron chi connectivity index (χ4n) is 1.99. The van der Waals surface area contributed by atoms with Gasteiger partial charge >= 0.3 is 0 Å². The van der Waals surface area contributed by atoms with Crippen molar-refractivity contribution in [2.24, 2.45) is 0 Å². The molecular formula is C14H16O. The number of carbonyl (C=O) groups excluding carboxylic acids is 1. The minimum atomic E-state index is 0.387. The van der Waals surface area contributed by atoms with E-state index in [1.165, 1.54) is 11.1 Å². The Kier molecular flexibility index (Phi) is 3.33. The lowest BCUT2D eigenvalue weighted by Gasteiger charge is -2.04. The summed E-state index contributed by atoms with van der Waals surface area (Å²) in [5, 5.41) is 0. The van der Waals surface area contributed by atoms with Gasteiger partial charge in [-0.25, -0.2) is 0 Å². The smallest absolute Gasteiger partial charge is 0.136 e. The maximum atomic E-state index is 11.2. The third-order valence-corrected chi connectivity index (χ3v) is 2.85. The van der Waals surface area contributed by atoms with Crippen molar-refractivity contribution in [3.63, 3.8) is 0 Å². The summed E-state index contributed by atoms with van der Waals surface area (Å²) < 4.78 is 0. The lowest BCUT2D eigenvalue weighted by molar-refractivity contribution is -0.118. The van der Waals surface area contributed by atoms with Crippen molar-refractivity contribution >= 4 is 5.78 Å². The summed E-state index contributed by atoms with van der Waals surface area (Å²) in [6.07, 6.45) is 6.64. The monoisotopic (exact) mass is 200 g/mol. The van der Waals surface area contributed by atoms with Crippen molar-refractivity contribution in [3.05, 3.63) is 47.5 Å². The van der Waals surface area contributed by atoms with Crippen LogP contribution in [0.4, 0.5) is 0 Å². The second-order valence-electron chi connectivity index (χ2n) is 4.12. The first-order chi connectivity index (χ1) is 7.34. The molecule has 1 aliphatic rings. The first kappa shape index (κ1) is 10.2. The average Bonchev–Trinajstić information content (AvgIpc) is 2.46. The molecule has 0 unspecified atom stereocenters. The molecular weight excluding hydrogens is 184 g/mol. The van der Waals surface area contributed by atoms with Gasteiger partial charge in [0.2, 0.25) is 0 Å². The summed E-state index contributed by atoms with van der Waals surface area (Å²) in [7, 11) is 0. The van der Waals surface area contributed by atoms with Crippen molar-refractivity contribution in [2.45, 2.75) is 32.1 Å². The minimum absolute atomic E-state index is 0.387. The molecule has 0 atom stereocenters. The third-order valence-electron chi connectivity index (χ3n) is 2.85. The fraction of sp³-hybridized carbons (Fsp3) is 0.357. The van der Waals surface area contributed by atoms with Crippen LogP contribution in [-0.4, -0.2) is 5.78 Å². The second kappa shape index (κ2) is 4.92. The molecule has 0 aromatic heterocycles. The number of carbonyl (C=O) groups is 1. The normalized spacial score (nSPS) is 17.1. The number of hydrogen-bond acceptors (Lipinski definition) is 1. The highest BCUT2D eigenvalue weighted by Gasteiger charge is 2.08. The zero-order valence-corrected chi connectivity index (χ0v) is 8.91. The molecule has 15 heavy (non-hydrogen) atoms. The summed E-state index contributed by atoms with van der Waals surface area (Å²) in [6.45, 7) is 0. The van der Waals surface area contributed by atoms with Crippen LogP contribution in [0.3, 0.4) is 0 Å². The lowest BCUT2D eigenvalue weighted by atomic mass is 10.0. The number of ketones is 1. The molecule has 0 radical (unpaired) electrons. The van der Waals surface area contributed by atoms with Gasteiger partial charge in [-0.3, -0.25) is 4.79 Å². The molecule has 1 aromatic rings. The number of rotatable bonds is 2. The van der Waals surface area contributed by atoms with E-state index >= 15 is 0 Å². The van der Waals surface area contributed by atoms with Gasteiger partial charge in [-0.05, 0) is 24.8 Å². The maximum Gasteiger partial charge on any atom is 0.136 e. The van der Waals surface area contributed by atoms with Gasteiger partial charge in [0.25, 0.3) is 0 Å². The van der Waals surface area contributed by atoms with Crippen molar-refractivity contribution in [1.82, 2.24) is 0 Å². The number of hydrogen-bond donors (Lipinski definition) is 0. The van der Waals surface area contributed by atoms with Crippen LogP contribution in [0.15, 0.2) is 42.0 Å². The Morgan fingerprint density at radius 2 is 1.87 bits per heavy atom. The van der Waals surface area contributed by atoms with Gasteiger partial charge in [0.1, 0.15) is 5.78 Å². The molecule has 0 heterocycles. The van der Waals surface area contributed by atoms with E-state index in [0.29, 0.717) is 12.2 Å². The molecule has 1 nitrogen and oxygen atoms in total. The zero-order chi connectivity index (χ0) is 10.5. The van der Waals surface area contributed by atoms with Crippen molar-refractivity contribution in [2.75, 3.05) is 0 Å². The Morgan fingerprint density at radius 3 is 2.67 bits per heavy atom. The van der Waals surface area contributed by atoms with Crippen LogP contribution >= 0.6 is 0 Å². The van der Waals surface area contributed by atoms with E-state index in [4.69, 9.17) is 0 Å². The molecule has 78 valence electrons. The number of benzene rings is 1. The number of allylic oxidation sites excluding steroid dienone is 2. The topological polar surface area (TPSA) is 17.1 Å². The van der Waals surface area contributed by atoms with Gasteiger partial charge in [-0.2, -0.15) is 0 Å². The van der Waals surface area contributed by atoms with Crippen LogP contribution in [0, 0.1) is 0 Å². The molecule has 0 N–H and O–H groups in total. The predicted octanol–water partition coefficient (Wildman–Crippen LogP) is 3.30. The Labute approximate surface area is 90.8 Å². The molecule has 0 amide bonds. The molecule has 0 spiro atoms. The molecule has 0 saturated heterocycles. The summed E-state index contributed by atoms with van der Waals surface area (Å²) in [5.41, 5.74) is 2.77. The second-order valence-corrected chi connectivity index (χ2v) is 4.12. The summed E-state index contributed by atoms with van der Waals surface area (Å²) in [4.78, 5) is 11.2. The Hall–Kier alpha value is -1.37. The van der Waals surface area contributed by atoms with Crippen LogP contribution in [-0.2, 0) is 11.2 Å². The quantitative estimate of drug-likeness (QED) is 0.669. The molecule has 0 fully saturated rings. The lowest BCUT2D eigenvalue weighted by Crippen LogP contribution is -1.91. The highest BCUT2D eigenvalue weighted by atomic mass is 16.1. The SMILES string of the molecule is O=C1CC=C(Cc2ccccc2)CCC1. The third kappa shape index (κ3) is 3.05. The molecule has 0 bridgehead atoms. The van der Waals surface area contributed by atoms with E-state index in [2.05, 4.69) is 30.3 Å². The van der Waals surface area contributed by atoms with E-state index in [1.807, 2.05) is 6.07 Å². The summed E-state index contributed by atoms with van der Waals surface area (Å²) in [5.74, 6) is 0.387. The Bertz CT molecular complexity index is 362. The van der Waals surface area contributed by atoms with Gasteiger partial charge in [-0.1, -0.05) is 42.0 Å². The number of Topliss-reactive ketones (excluding diaryl/α,β-unsaturated/α-hetero) is 1. The van der Waals surface area contributed by atoms with E-state index in [-0.39, 0.29) is 0 Å². The van der Waals surface area contributed by atoms with E-state index < -0.39 is 0 Å². The van der Waals surface area contributed by atoms with Gasteiger partial charge in [0.15, 0.2) is 0 Å². The van der Waals surface area contributed by atoms with Crippen LogP contribution in [0.1, 0.15) is 31.2 Å².